The molecule has 5 nitrogen and oxygen atoms in total. The first-order chi connectivity index (χ1) is 11.1. The van der Waals surface area contributed by atoms with Crippen LogP contribution in [0.25, 0.3) is 12.2 Å². The highest BCUT2D eigenvalue weighted by Crippen LogP contribution is 2.15. The molecular weight excluding hydrogens is 296 g/mol. The third kappa shape index (κ3) is 4.60. The molecule has 0 aliphatic rings. The van der Waals surface area contributed by atoms with E-state index in [4.69, 9.17) is 10.2 Å². The molecule has 2 N–H and O–H groups in total. The Morgan fingerprint density at radius 1 is 1.00 bits per heavy atom. The quantitative estimate of drug-likeness (QED) is 0.500. The SMILES string of the molecule is O=C(OC(=O)C(O)CO)c1ccccc1C=Cc1ccccc1. The number of carbonyl (C=O) groups is 2. The van der Waals surface area contributed by atoms with Crippen molar-refractivity contribution in [3.05, 3.63) is 71.3 Å². The molecule has 0 bridgehead atoms. The number of hydrogen-bond donors (Lipinski definition) is 2. The van der Waals surface area contributed by atoms with E-state index in [-0.39, 0.29) is 5.56 Å². The van der Waals surface area contributed by atoms with E-state index in [9.17, 15) is 9.59 Å². The van der Waals surface area contributed by atoms with Gasteiger partial charge in [-0.05, 0) is 17.2 Å². The van der Waals surface area contributed by atoms with Crippen molar-refractivity contribution in [3.8, 4) is 0 Å². The maximum absolute atomic E-state index is 12.0. The van der Waals surface area contributed by atoms with Crippen LogP contribution in [0.2, 0.25) is 0 Å². The standard InChI is InChI=1S/C18H16O5/c19-12-16(20)18(22)23-17(21)15-9-5-4-8-14(15)11-10-13-6-2-1-3-7-13/h1-11,16,19-20H,12H2. The molecule has 0 aliphatic heterocycles. The highest BCUT2D eigenvalue weighted by Gasteiger charge is 2.21. The minimum Gasteiger partial charge on any atom is -0.393 e. The zero-order chi connectivity index (χ0) is 16.7. The minimum atomic E-state index is -1.73. The van der Waals surface area contributed by atoms with Crippen molar-refractivity contribution < 1.29 is 24.5 Å². The average molecular weight is 312 g/mol. The molecule has 0 amide bonds. The predicted octanol–water partition coefficient (Wildman–Crippen LogP) is 1.89. The fraction of sp³-hybridized carbons (Fsp3) is 0.111. The summed E-state index contributed by atoms with van der Waals surface area (Å²) in [5, 5.41) is 17.8. The summed E-state index contributed by atoms with van der Waals surface area (Å²) < 4.78 is 4.56. The molecule has 0 saturated carbocycles. The van der Waals surface area contributed by atoms with Crippen molar-refractivity contribution in [2.45, 2.75) is 6.10 Å². The molecule has 0 heterocycles. The number of esters is 2. The molecule has 0 saturated heterocycles. The molecule has 1 atom stereocenters. The molecular formula is C18H16O5. The summed E-state index contributed by atoms with van der Waals surface area (Å²) in [4.78, 5) is 23.4. The van der Waals surface area contributed by atoms with Gasteiger partial charge in [0.1, 0.15) is 0 Å². The van der Waals surface area contributed by atoms with Crippen LogP contribution in [0.1, 0.15) is 21.5 Å². The fourth-order valence-electron chi connectivity index (χ4n) is 1.87. The first kappa shape index (κ1) is 16.6. The van der Waals surface area contributed by atoms with Gasteiger partial charge in [-0.3, -0.25) is 0 Å². The lowest BCUT2D eigenvalue weighted by molar-refractivity contribution is -0.149. The van der Waals surface area contributed by atoms with Gasteiger partial charge in [-0.2, -0.15) is 0 Å². The van der Waals surface area contributed by atoms with E-state index in [0.717, 1.165) is 5.56 Å². The van der Waals surface area contributed by atoms with Crippen molar-refractivity contribution in [3.63, 3.8) is 0 Å². The Kier molecular flexibility index (Phi) is 5.80. The summed E-state index contributed by atoms with van der Waals surface area (Å²) in [6, 6.07) is 16.2. The maximum atomic E-state index is 12.0. The van der Waals surface area contributed by atoms with E-state index in [2.05, 4.69) is 4.74 Å². The maximum Gasteiger partial charge on any atom is 0.346 e. The Labute approximate surface area is 133 Å². The molecule has 0 aliphatic carbocycles. The van der Waals surface area contributed by atoms with E-state index < -0.39 is 24.6 Å². The van der Waals surface area contributed by atoms with Crippen LogP contribution in [0.3, 0.4) is 0 Å². The smallest absolute Gasteiger partial charge is 0.346 e. The van der Waals surface area contributed by atoms with E-state index in [1.54, 1.807) is 24.3 Å². The number of rotatable bonds is 5. The Hall–Kier alpha value is -2.76. The van der Waals surface area contributed by atoms with Crippen LogP contribution in [0.5, 0.6) is 0 Å². The monoisotopic (exact) mass is 312 g/mol. The zero-order valence-corrected chi connectivity index (χ0v) is 12.3. The van der Waals surface area contributed by atoms with Gasteiger partial charge in [0.25, 0.3) is 0 Å². The van der Waals surface area contributed by atoms with Crippen LogP contribution in [-0.4, -0.2) is 34.9 Å². The summed E-state index contributed by atoms with van der Waals surface area (Å²) in [6.07, 6.45) is 1.83. The summed E-state index contributed by atoms with van der Waals surface area (Å²) in [5.74, 6) is -2.06. The van der Waals surface area contributed by atoms with Crippen LogP contribution in [0.4, 0.5) is 0 Å². The number of ether oxygens (including phenoxy) is 1. The Balaban J connectivity index is 2.19. The highest BCUT2D eigenvalue weighted by molar-refractivity contribution is 6.00. The van der Waals surface area contributed by atoms with Crippen molar-refractivity contribution in [1.29, 1.82) is 0 Å². The van der Waals surface area contributed by atoms with Gasteiger partial charge in [0.2, 0.25) is 0 Å². The van der Waals surface area contributed by atoms with Crippen molar-refractivity contribution in [2.24, 2.45) is 0 Å². The largest absolute Gasteiger partial charge is 0.393 e. The van der Waals surface area contributed by atoms with E-state index >= 15 is 0 Å². The van der Waals surface area contributed by atoms with E-state index in [1.165, 1.54) is 6.07 Å². The van der Waals surface area contributed by atoms with Crippen LogP contribution in [0, 0.1) is 0 Å². The summed E-state index contributed by atoms with van der Waals surface area (Å²) in [6.45, 7) is -0.804. The lowest BCUT2D eigenvalue weighted by atomic mass is 10.1. The molecule has 0 aromatic heterocycles. The molecule has 2 aromatic rings. The zero-order valence-electron chi connectivity index (χ0n) is 12.3. The molecule has 0 spiro atoms. The van der Waals surface area contributed by atoms with Gasteiger partial charge in [-0.15, -0.1) is 0 Å². The normalized spacial score (nSPS) is 12.1. The molecule has 23 heavy (non-hydrogen) atoms. The third-order valence-electron chi connectivity index (χ3n) is 3.07. The summed E-state index contributed by atoms with van der Waals surface area (Å²) in [5.41, 5.74) is 1.73. The van der Waals surface area contributed by atoms with Gasteiger partial charge in [0, 0.05) is 0 Å². The minimum absolute atomic E-state index is 0.193. The summed E-state index contributed by atoms with van der Waals surface area (Å²) >= 11 is 0. The molecule has 2 rings (SSSR count). The first-order valence-electron chi connectivity index (χ1n) is 6.99. The topological polar surface area (TPSA) is 83.8 Å². The predicted molar refractivity (Wildman–Crippen MR) is 85.3 cm³/mol. The van der Waals surface area contributed by atoms with Gasteiger partial charge in [-0.1, -0.05) is 60.7 Å². The second kappa shape index (κ2) is 8.03. The molecule has 2 aromatic carbocycles. The molecule has 1 unspecified atom stereocenters. The van der Waals surface area contributed by atoms with Gasteiger partial charge < -0.3 is 14.9 Å². The number of benzene rings is 2. The van der Waals surface area contributed by atoms with Crippen molar-refractivity contribution in [2.75, 3.05) is 6.61 Å². The highest BCUT2D eigenvalue weighted by atomic mass is 16.6. The Morgan fingerprint density at radius 2 is 1.65 bits per heavy atom. The van der Waals surface area contributed by atoms with Crippen molar-refractivity contribution >= 4 is 24.1 Å². The second-order valence-electron chi connectivity index (χ2n) is 4.74. The number of aliphatic hydroxyl groups is 2. The average Bonchev–Trinajstić information content (AvgIpc) is 2.60. The van der Waals surface area contributed by atoms with Gasteiger partial charge in [0.05, 0.1) is 12.2 Å². The Morgan fingerprint density at radius 3 is 2.35 bits per heavy atom. The molecule has 0 fully saturated rings. The second-order valence-corrected chi connectivity index (χ2v) is 4.74. The fourth-order valence-corrected chi connectivity index (χ4v) is 1.87. The molecule has 0 radical (unpaired) electrons. The third-order valence-corrected chi connectivity index (χ3v) is 3.07. The van der Waals surface area contributed by atoms with Crippen LogP contribution in [0.15, 0.2) is 54.6 Å². The molecule has 118 valence electrons. The van der Waals surface area contributed by atoms with Gasteiger partial charge >= 0.3 is 11.9 Å². The lowest BCUT2D eigenvalue weighted by Crippen LogP contribution is -2.28. The van der Waals surface area contributed by atoms with E-state index in [0.29, 0.717) is 5.56 Å². The van der Waals surface area contributed by atoms with Crippen LogP contribution < -0.4 is 0 Å². The van der Waals surface area contributed by atoms with E-state index in [1.807, 2.05) is 36.4 Å². The van der Waals surface area contributed by atoms with Crippen LogP contribution >= 0.6 is 0 Å². The lowest BCUT2D eigenvalue weighted by Gasteiger charge is -2.08. The van der Waals surface area contributed by atoms with Gasteiger partial charge in [-0.25, -0.2) is 9.59 Å². The number of hydrogen-bond acceptors (Lipinski definition) is 5. The van der Waals surface area contributed by atoms with Crippen LogP contribution in [-0.2, 0) is 9.53 Å². The number of aliphatic hydroxyl groups excluding tert-OH is 2. The Bertz CT molecular complexity index is 706. The van der Waals surface area contributed by atoms with Crippen molar-refractivity contribution in [1.82, 2.24) is 0 Å². The summed E-state index contributed by atoms with van der Waals surface area (Å²) in [7, 11) is 0. The van der Waals surface area contributed by atoms with Gasteiger partial charge in [0.15, 0.2) is 6.10 Å². The first-order valence-corrected chi connectivity index (χ1v) is 6.99. The molecule has 5 heteroatoms. The number of carbonyl (C=O) groups excluding carboxylic acids is 2.